The first-order valence-corrected chi connectivity index (χ1v) is 6.38. The average Bonchev–Trinajstić information content (AvgIpc) is 2.07. The molecule has 94 valence electrons. The van der Waals surface area contributed by atoms with Crippen LogP contribution in [0, 0.1) is 9.81 Å². The van der Waals surface area contributed by atoms with Crippen molar-refractivity contribution in [2.75, 3.05) is 12.4 Å². The molecule has 0 radical (unpaired) electrons. The van der Waals surface area contributed by atoms with Gasteiger partial charge in [0.1, 0.15) is 9.81 Å². The molecule has 0 saturated heterocycles. The van der Waals surface area contributed by atoms with Gasteiger partial charge in [0.2, 0.25) is 12.7 Å². The maximum absolute atomic E-state index is 10.3. The lowest BCUT2D eigenvalue weighted by Crippen LogP contribution is -2.28. The van der Waals surface area contributed by atoms with Crippen molar-refractivity contribution in [3.05, 3.63) is 9.81 Å². The topological polar surface area (TPSA) is 153 Å². The first-order valence-electron chi connectivity index (χ1n) is 3.44. The minimum absolute atomic E-state index is 0.0208. The minimum atomic E-state index is -4.37. The summed E-state index contributed by atoms with van der Waals surface area (Å²) in [6.45, 7) is -0.720. The van der Waals surface area contributed by atoms with Crippen LogP contribution in [0.15, 0.2) is 0 Å². The summed E-state index contributed by atoms with van der Waals surface area (Å²) >= 11 is 0. The number of hydrogen-bond acceptors (Lipinski definition) is 7. The lowest BCUT2D eigenvalue weighted by Gasteiger charge is -2.03. The molecule has 13 heteroatoms. The monoisotopic (exact) mass is 280 g/mol. The molecule has 0 bridgehead atoms. The lowest BCUT2D eigenvalue weighted by atomic mass is 10.4. The summed E-state index contributed by atoms with van der Waals surface area (Å²) in [5.74, 6) is -0.522. The second-order valence-electron chi connectivity index (χ2n) is 2.21. The Morgan fingerprint density at radius 2 is 1.81 bits per heavy atom. The Bertz CT molecular complexity index is 352. The third kappa shape index (κ3) is 9.22. The second-order valence-corrected chi connectivity index (χ2v) is 5.61. The number of rotatable bonds is 8. The van der Waals surface area contributed by atoms with Crippen molar-refractivity contribution >= 4 is 19.9 Å². The Balaban J connectivity index is 4.20. The minimum Gasteiger partial charge on any atom is -0.277 e. The Hall–Kier alpha value is -1.34. The van der Waals surface area contributed by atoms with E-state index in [0.29, 0.717) is 0 Å². The average molecular weight is 280 g/mol. The Labute approximate surface area is 92.1 Å². The van der Waals surface area contributed by atoms with Crippen LogP contribution in [0.4, 0.5) is 0 Å². The van der Waals surface area contributed by atoms with Crippen molar-refractivity contribution in [1.82, 2.24) is 0 Å². The molecule has 0 aromatic heterocycles. The lowest BCUT2D eigenvalue weighted by molar-refractivity contribution is -0.994. The molecule has 0 aromatic carbocycles. The van der Waals surface area contributed by atoms with E-state index in [0.717, 1.165) is 0 Å². The molecule has 0 aliphatic carbocycles. The van der Waals surface area contributed by atoms with Gasteiger partial charge in [0.05, 0.1) is 5.75 Å². The van der Waals surface area contributed by atoms with Crippen molar-refractivity contribution in [2.24, 2.45) is 0 Å². The summed E-state index contributed by atoms with van der Waals surface area (Å²) in [6, 6.07) is 0. The van der Waals surface area contributed by atoms with Crippen LogP contribution < -0.4 is 0 Å². The van der Waals surface area contributed by atoms with Crippen LogP contribution >= 0.6 is 10.8 Å². The molecule has 0 rings (SSSR count). The van der Waals surface area contributed by atoms with Crippen molar-refractivity contribution in [3.63, 3.8) is 0 Å². The molecule has 3 N–H and O–H groups in total. The summed E-state index contributed by atoms with van der Waals surface area (Å²) in [5, 5.41) is 14.3. The van der Waals surface area contributed by atoms with Gasteiger partial charge in [0.15, 0.2) is 0 Å². The highest BCUT2D eigenvalue weighted by Gasteiger charge is 2.27. The van der Waals surface area contributed by atoms with Gasteiger partial charge in [-0.15, -0.1) is 0 Å². The van der Waals surface area contributed by atoms with Gasteiger partial charge >= 0.3 is 19.3 Å². The molecular weight excluding hydrogens is 272 g/mol. The van der Waals surface area contributed by atoms with Gasteiger partial charge in [0.25, 0.3) is 0 Å². The van der Waals surface area contributed by atoms with Gasteiger partial charge in [-0.3, -0.25) is 4.55 Å². The van der Waals surface area contributed by atoms with E-state index in [-0.39, 0.29) is 10.8 Å². The molecule has 0 aromatic rings. The zero-order valence-corrected chi connectivity index (χ0v) is 9.13. The molecular formula is C3H8N2O9S2+2. The SMILES string of the molecule is O=[N+](O)OCC(CSS(=O)(=O)O)O[N+](=O)O. The fourth-order valence-electron chi connectivity index (χ4n) is 0.545. The highest BCUT2D eigenvalue weighted by atomic mass is 33.1. The highest BCUT2D eigenvalue weighted by molar-refractivity contribution is 8.69. The van der Waals surface area contributed by atoms with Crippen LogP contribution in [0.2, 0.25) is 0 Å². The first-order chi connectivity index (χ1) is 7.20. The third-order valence-electron chi connectivity index (χ3n) is 1.01. The Morgan fingerprint density at radius 1 is 1.25 bits per heavy atom. The van der Waals surface area contributed by atoms with Crippen molar-refractivity contribution in [3.8, 4) is 0 Å². The molecule has 16 heavy (non-hydrogen) atoms. The fraction of sp³-hybridized carbons (Fsp3) is 1.00. The van der Waals surface area contributed by atoms with Crippen LogP contribution in [-0.2, 0) is 18.8 Å². The fourth-order valence-corrected chi connectivity index (χ4v) is 2.00. The zero-order valence-electron chi connectivity index (χ0n) is 7.49. The van der Waals surface area contributed by atoms with Gasteiger partial charge in [-0.05, 0) is 0 Å². The largest absolute Gasteiger partial charge is 0.475 e. The van der Waals surface area contributed by atoms with Crippen LogP contribution in [0.3, 0.4) is 0 Å². The predicted octanol–water partition coefficient (Wildman–Crippen LogP) is -0.910. The molecule has 0 aliphatic heterocycles. The molecule has 0 fully saturated rings. The molecule has 1 atom stereocenters. The first kappa shape index (κ1) is 14.7. The quantitative estimate of drug-likeness (QED) is 0.289. The number of hydrogen-bond donors (Lipinski definition) is 3. The summed E-state index contributed by atoms with van der Waals surface area (Å²) in [5.41, 5.74) is 0. The van der Waals surface area contributed by atoms with E-state index < -0.39 is 37.8 Å². The molecule has 0 amide bonds. The van der Waals surface area contributed by atoms with Crippen LogP contribution in [-0.4, -0.2) is 52.0 Å². The highest BCUT2D eigenvalue weighted by Crippen LogP contribution is 2.12. The summed E-state index contributed by atoms with van der Waals surface area (Å²) < 4.78 is 29.0. The van der Waals surface area contributed by atoms with Crippen molar-refractivity contribution in [2.45, 2.75) is 6.10 Å². The van der Waals surface area contributed by atoms with Gasteiger partial charge in [-0.2, -0.15) is 18.1 Å². The summed E-state index contributed by atoms with van der Waals surface area (Å²) in [6.07, 6.45) is -1.38. The van der Waals surface area contributed by atoms with Crippen molar-refractivity contribution in [1.29, 1.82) is 0 Å². The second kappa shape index (κ2) is 6.29. The maximum Gasteiger partial charge on any atom is 0.475 e. The predicted molar refractivity (Wildman–Crippen MR) is 45.7 cm³/mol. The molecule has 0 heterocycles. The van der Waals surface area contributed by atoms with Gasteiger partial charge in [-0.1, -0.05) is 0 Å². The molecule has 11 nitrogen and oxygen atoms in total. The third-order valence-corrected chi connectivity index (χ3v) is 3.12. The van der Waals surface area contributed by atoms with E-state index in [1.54, 1.807) is 0 Å². The normalized spacial score (nSPS) is 12.8. The van der Waals surface area contributed by atoms with E-state index in [2.05, 4.69) is 9.68 Å². The molecule has 0 saturated carbocycles. The smallest absolute Gasteiger partial charge is 0.277 e. The Morgan fingerprint density at radius 3 is 2.19 bits per heavy atom. The molecule has 0 aliphatic rings. The van der Waals surface area contributed by atoms with E-state index in [1.165, 1.54) is 0 Å². The van der Waals surface area contributed by atoms with Crippen molar-refractivity contribution < 1.29 is 43.2 Å². The van der Waals surface area contributed by atoms with Crippen LogP contribution in [0.1, 0.15) is 0 Å². The summed E-state index contributed by atoms with van der Waals surface area (Å²) in [7, 11) is -4.39. The standard InChI is InChI=1S/C3H7N2O9S2/c6-4(7)13-1-3(14-5(8)9)2-15-16(10,11)12/h3H,1-2H2,(H2-,6,7,8,9,10,11,12)/q+1/p+1. The van der Waals surface area contributed by atoms with Crippen LogP contribution in [0.25, 0.3) is 0 Å². The van der Waals surface area contributed by atoms with Gasteiger partial charge in [-0.25, -0.2) is 10.4 Å². The van der Waals surface area contributed by atoms with Crippen LogP contribution in [0.5, 0.6) is 0 Å². The number of nitrogens with zero attached hydrogens (tertiary/aromatic N) is 2. The maximum atomic E-state index is 10.3. The van der Waals surface area contributed by atoms with E-state index in [1.807, 2.05) is 0 Å². The summed E-state index contributed by atoms with van der Waals surface area (Å²) in [4.78, 5) is 27.9. The molecule has 1 unspecified atom stereocenters. The zero-order chi connectivity index (χ0) is 12.8. The Kier molecular flexibility index (Phi) is 5.76. The van der Waals surface area contributed by atoms with E-state index in [9.17, 15) is 18.2 Å². The van der Waals surface area contributed by atoms with E-state index >= 15 is 0 Å². The van der Waals surface area contributed by atoms with Gasteiger partial charge in [0, 0.05) is 10.8 Å². The van der Waals surface area contributed by atoms with E-state index in [4.69, 9.17) is 15.0 Å². The molecule has 0 spiro atoms. The van der Waals surface area contributed by atoms with Gasteiger partial charge < -0.3 is 0 Å².